The second kappa shape index (κ2) is 8.12. The quantitative estimate of drug-likeness (QED) is 0.230. The van der Waals surface area contributed by atoms with Gasteiger partial charge >= 0.3 is 5.97 Å². The summed E-state index contributed by atoms with van der Waals surface area (Å²) in [7, 11) is 0. The summed E-state index contributed by atoms with van der Waals surface area (Å²) < 4.78 is 0. The molecule has 1 rings (SSSR count). The van der Waals surface area contributed by atoms with Crippen LogP contribution in [0.5, 0.6) is 0 Å². The smallest absolute Gasteiger partial charge is 0.341 e. The highest BCUT2D eigenvalue weighted by molar-refractivity contribution is 6.37. The van der Waals surface area contributed by atoms with E-state index in [-0.39, 0.29) is 34.3 Å². The maximum Gasteiger partial charge on any atom is 0.341 e. The van der Waals surface area contributed by atoms with Gasteiger partial charge in [0.05, 0.1) is 23.2 Å². The first-order valence-electron chi connectivity index (χ1n) is 6.44. The molecule has 8 heteroatoms. The van der Waals surface area contributed by atoms with Gasteiger partial charge in [-0.25, -0.2) is 9.78 Å². The van der Waals surface area contributed by atoms with E-state index in [4.69, 9.17) is 23.2 Å². The summed E-state index contributed by atoms with van der Waals surface area (Å²) in [4.78, 5) is 27.3. The lowest BCUT2D eigenvalue weighted by atomic mass is 10.0. The molecular formula is C14H16Cl2N2O4. The third-order valence-corrected chi connectivity index (χ3v) is 3.48. The van der Waals surface area contributed by atoms with Crippen molar-refractivity contribution in [1.29, 1.82) is 0 Å². The maximum absolute atomic E-state index is 12.3. The van der Waals surface area contributed by atoms with Crippen LogP contribution in [0.15, 0.2) is 24.0 Å². The van der Waals surface area contributed by atoms with Gasteiger partial charge in [0, 0.05) is 12.4 Å². The first kappa shape index (κ1) is 18.4. The number of aromatic nitrogens is 1. The zero-order valence-corrected chi connectivity index (χ0v) is 13.5. The summed E-state index contributed by atoms with van der Waals surface area (Å²) in [6.45, 7) is 3.50. The molecule has 0 saturated carbocycles. The molecule has 1 aromatic rings. The van der Waals surface area contributed by atoms with Gasteiger partial charge in [-0.1, -0.05) is 37.0 Å². The van der Waals surface area contributed by atoms with E-state index < -0.39 is 17.3 Å². The van der Waals surface area contributed by atoms with Crippen molar-refractivity contribution < 1.29 is 19.8 Å². The molecule has 0 aromatic carbocycles. The molecule has 0 aliphatic carbocycles. The van der Waals surface area contributed by atoms with Crippen molar-refractivity contribution in [1.82, 2.24) is 10.3 Å². The van der Waals surface area contributed by atoms with E-state index in [0.717, 1.165) is 6.20 Å². The van der Waals surface area contributed by atoms with Gasteiger partial charge in [0.2, 0.25) is 5.78 Å². The Morgan fingerprint density at radius 1 is 1.41 bits per heavy atom. The largest absolute Gasteiger partial charge is 0.477 e. The number of Topliss-reactive ketones (excluding diaryl/α,β-unsaturated/α-hetero) is 1. The van der Waals surface area contributed by atoms with Gasteiger partial charge in [-0.2, -0.15) is 0 Å². The summed E-state index contributed by atoms with van der Waals surface area (Å²) in [5.74, 6) is -2.20. The van der Waals surface area contributed by atoms with Crippen LogP contribution < -0.4 is 5.32 Å². The molecule has 0 radical (unpaired) electrons. The predicted molar refractivity (Wildman–Crippen MR) is 83.2 cm³/mol. The first-order chi connectivity index (χ1) is 10.3. The monoisotopic (exact) mass is 346 g/mol. The van der Waals surface area contributed by atoms with Gasteiger partial charge in [-0.15, -0.1) is 0 Å². The normalized spacial score (nSPS) is 13.1. The Morgan fingerprint density at radius 2 is 2.05 bits per heavy atom. The molecule has 22 heavy (non-hydrogen) atoms. The van der Waals surface area contributed by atoms with Crippen molar-refractivity contribution in [3.8, 4) is 0 Å². The van der Waals surface area contributed by atoms with Gasteiger partial charge in [0.1, 0.15) is 10.7 Å². The minimum Gasteiger partial charge on any atom is -0.477 e. The minimum absolute atomic E-state index is 0.0443. The molecule has 0 spiro atoms. The lowest BCUT2D eigenvalue weighted by Crippen LogP contribution is -2.34. The topological polar surface area (TPSA) is 99.5 Å². The number of rotatable bonds is 7. The maximum atomic E-state index is 12.3. The van der Waals surface area contributed by atoms with Crippen molar-refractivity contribution >= 4 is 35.0 Å². The van der Waals surface area contributed by atoms with Crippen LogP contribution in [0.1, 0.15) is 24.2 Å². The molecule has 3 N–H and O–H groups in total. The number of nitrogens with one attached hydrogen (secondary N) is 1. The number of aliphatic hydroxyl groups excluding tert-OH is 1. The number of hydrogen-bond donors (Lipinski definition) is 3. The van der Waals surface area contributed by atoms with Crippen LogP contribution in [0.25, 0.3) is 0 Å². The van der Waals surface area contributed by atoms with Gasteiger partial charge < -0.3 is 15.5 Å². The van der Waals surface area contributed by atoms with Crippen molar-refractivity contribution in [3.63, 3.8) is 0 Å². The van der Waals surface area contributed by atoms with E-state index in [1.54, 1.807) is 0 Å². The Hall–Kier alpha value is -1.63. The highest BCUT2D eigenvalue weighted by Gasteiger charge is 2.23. The minimum atomic E-state index is -1.42. The van der Waals surface area contributed by atoms with Gasteiger partial charge in [0.25, 0.3) is 0 Å². The number of nitrogens with zero attached hydrogens (tertiary/aromatic N) is 1. The average Bonchev–Trinajstić information content (AvgIpc) is 2.44. The number of pyridine rings is 1. The second-order valence-electron chi connectivity index (χ2n) is 4.88. The number of carbonyl (C=O) groups excluding carboxylic acids is 1. The Bertz CT molecular complexity index is 603. The third kappa shape index (κ3) is 4.69. The number of carbonyl (C=O) groups is 2. The lowest BCUT2D eigenvalue weighted by molar-refractivity contribution is -0.132. The van der Waals surface area contributed by atoms with Crippen molar-refractivity contribution in [2.45, 2.75) is 19.9 Å². The molecule has 0 fully saturated rings. The van der Waals surface area contributed by atoms with Crippen molar-refractivity contribution in [2.75, 3.05) is 6.61 Å². The molecular weight excluding hydrogens is 331 g/mol. The third-order valence-electron chi connectivity index (χ3n) is 2.97. The molecule has 0 aliphatic rings. The number of hydrogen-bond acceptors (Lipinski definition) is 5. The molecule has 0 bridgehead atoms. The molecule has 0 amide bonds. The van der Waals surface area contributed by atoms with Crippen molar-refractivity contribution in [2.24, 2.45) is 5.92 Å². The Kier molecular flexibility index (Phi) is 6.80. The second-order valence-corrected chi connectivity index (χ2v) is 5.68. The summed E-state index contributed by atoms with van der Waals surface area (Å²) >= 11 is 11.6. The Balaban J connectivity index is 3.12. The number of ketones is 1. The fourth-order valence-corrected chi connectivity index (χ4v) is 1.94. The number of aliphatic hydroxyl groups is 1. The SMILES string of the molecule is CC(C)C(CO)N/C=C(\C(=O)O)C(=O)c1cc(Cl)cnc1Cl. The standard InChI is InChI=1S/C14H16Cl2N2O4/c1-7(2)11(6-19)17-5-10(14(21)22)12(20)9-3-8(15)4-18-13(9)16/h3-5,7,11,17,19H,6H2,1-2H3,(H,21,22)/b10-5-. The predicted octanol–water partition coefficient (Wildman–Crippen LogP) is 2.15. The van der Waals surface area contributed by atoms with E-state index in [2.05, 4.69) is 10.3 Å². The number of halogens is 2. The molecule has 0 saturated heterocycles. The van der Waals surface area contributed by atoms with Crippen LogP contribution in [0.3, 0.4) is 0 Å². The molecule has 1 unspecified atom stereocenters. The Morgan fingerprint density at radius 3 is 2.55 bits per heavy atom. The van der Waals surface area contributed by atoms with E-state index in [1.807, 2.05) is 13.8 Å². The van der Waals surface area contributed by atoms with Crippen LogP contribution in [0, 0.1) is 5.92 Å². The Labute approximate surface area is 137 Å². The molecule has 1 aromatic heterocycles. The van der Waals surface area contributed by atoms with Gasteiger partial charge in [0.15, 0.2) is 0 Å². The van der Waals surface area contributed by atoms with Crippen LogP contribution in [-0.2, 0) is 4.79 Å². The van der Waals surface area contributed by atoms with E-state index >= 15 is 0 Å². The first-order valence-corrected chi connectivity index (χ1v) is 7.19. The van der Waals surface area contributed by atoms with E-state index in [9.17, 15) is 19.8 Å². The fraction of sp³-hybridized carbons (Fsp3) is 0.357. The van der Waals surface area contributed by atoms with E-state index in [1.165, 1.54) is 12.3 Å². The lowest BCUT2D eigenvalue weighted by Gasteiger charge is -2.18. The van der Waals surface area contributed by atoms with Gasteiger partial charge in [-0.3, -0.25) is 4.79 Å². The van der Waals surface area contributed by atoms with Crippen LogP contribution in [0.4, 0.5) is 0 Å². The van der Waals surface area contributed by atoms with Crippen LogP contribution >= 0.6 is 23.2 Å². The van der Waals surface area contributed by atoms with Crippen molar-refractivity contribution in [3.05, 3.63) is 39.8 Å². The zero-order valence-electron chi connectivity index (χ0n) is 12.0. The van der Waals surface area contributed by atoms with E-state index in [0.29, 0.717) is 0 Å². The molecule has 0 aliphatic heterocycles. The summed E-state index contributed by atoms with van der Waals surface area (Å²) in [5, 5.41) is 21.2. The average molecular weight is 347 g/mol. The number of aliphatic carboxylic acids is 1. The number of carboxylic acid groups (broad SMARTS) is 1. The fourth-order valence-electron chi connectivity index (χ4n) is 1.60. The molecule has 1 atom stereocenters. The highest BCUT2D eigenvalue weighted by atomic mass is 35.5. The summed E-state index contributed by atoms with van der Waals surface area (Å²) in [6.07, 6.45) is 2.31. The summed E-state index contributed by atoms with van der Waals surface area (Å²) in [6, 6.07) is 0.872. The highest BCUT2D eigenvalue weighted by Crippen LogP contribution is 2.20. The summed E-state index contributed by atoms with van der Waals surface area (Å²) in [5.41, 5.74) is -0.625. The van der Waals surface area contributed by atoms with Gasteiger partial charge in [-0.05, 0) is 12.0 Å². The number of carboxylic acids is 1. The molecule has 120 valence electrons. The van der Waals surface area contributed by atoms with Crippen LogP contribution in [0.2, 0.25) is 10.2 Å². The zero-order chi connectivity index (χ0) is 16.9. The molecule has 1 heterocycles. The van der Waals surface area contributed by atoms with Crippen LogP contribution in [-0.4, -0.2) is 39.6 Å². The molecule has 6 nitrogen and oxygen atoms in total.